The van der Waals surface area contributed by atoms with Crippen LogP contribution >= 0.6 is 11.6 Å². The Bertz CT molecular complexity index is 276. The number of nitrogens with one attached hydrogen (secondary N) is 1. The zero-order chi connectivity index (χ0) is 12.7. The van der Waals surface area contributed by atoms with E-state index in [2.05, 4.69) is 19.2 Å². The second-order valence-electron chi connectivity index (χ2n) is 4.87. The van der Waals surface area contributed by atoms with E-state index in [0.717, 1.165) is 19.4 Å². The second-order valence-corrected chi connectivity index (χ2v) is 7.72. The van der Waals surface area contributed by atoms with Gasteiger partial charge in [-0.05, 0) is 18.3 Å². The number of hydrogen-bond acceptors (Lipinski definition) is 3. The average Bonchev–Trinajstić information content (AvgIpc) is 2.22. The molecule has 0 saturated heterocycles. The average molecular weight is 270 g/mol. The first kappa shape index (κ1) is 16.2. The van der Waals surface area contributed by atoms with Gasteiger partial charge in [0.1, 0.15) is 0 Å². The molecule has 0 amide bonds. The molecule has 0 saturated carbocycles. The first-order valence-corrected chi connectivity index (χ1v) is 8.16. The Morgan fingerprint density at radius 1 is 1.31 bits per heavy atom. The van der Waals surface area contributed by atoms with Gasteiger partial charge in [-0.1, -0.05) is 20.8 Å². The van der Waals surface area contributed by atoms with E-state index in [1.165, 1.54) is 0 Å². The van der Waals surface area contributed by atoms with Gasteiger partial charge in [0.25, 0.3) is 0 Å². The fourth-order valence-electron chi connectivity index (χ4n) is 1.43. The smallest absolute Gasteiger partial charge is 0.151 e. The molecule has 5 heteroatoms. The molecule has 0 aromatic rings. The van der Waals surface area contributed by atoms with E-state index in [-0.39, 0.29) is 16.9 Å². The summed E-state index contributed by atoms with van der Waals surface area (Å²) in [6.45, 7) is 7.39. The van der Waals surface area contributed by atoms with Crippen molar-refractivity contribution in [3.63, 3.8) is 0 Å². The molecule has 0 aliphatic heterocycles. The summed E-state index contributed by atoms with van der Waals surface area (Å²) in [5.41, 5.74) is 0.185. The van der Waals surface area contributed by atoms with Crippen LogP contribution in [0.4, 0.5) is 0 Å². The van der Waals surface area contributed by atoms with E-state index in [0.29, 0.717) is 12.4 Å². The molecule has 0 rings (SSSR count). The first-order valence-electron chi connectivity index (χ1n) is 5.80. The van der Waals surface area contributed by atoms with Crippen molar-refractivity contribution in [2.45, 2.75) is 33.6 Å². The summed E-state index contributed by atoms with van der Waals surface area (Å²) in [5, 5.41) is 3.20. The number of hydrogen-bond donors (Lipinski definition) is 1. The third-order valence-corrected chi connectivity index (χ3v) is 4.59. The Labute approximate surface area is 105 Å². The van der Waals surface area contributed by atoms with Crippen molar-refractivity contribution in [3.8, 4) is 0 Å². The lowest BCUT2D eigenvalue weighted by atomic mass is 9.88. The maximum Gasteiger partial charge on any atom is 0.151 e. The van der Waals surface area contributed by atoms with Crippen LogP contribution < -0.4 is 5.32 Å². The third-order valence-electron chi connectivity index (χ3n) is 2.62. The van der Waals surface area contributed by atoms with E-state index in [4.69, 9.17) is 11.6 Å². The van der Waals surface area contributed by atoms with Crippen molar-refractivity contribution in [2.75, 3.05) is 30.5 Å². The lowest BCUT2D eigenvalue weighted by molar-refractivity contribution is 0.315. The van der Waals surface area contributed by atoms with Crippen molar-refractivity contribution in [3.05, 3.63) is 0 Å². The predicted molar refractivity (Wildman–Crippen MR) is 70.9 cm³/mol. The predicted octanol–water partition coefficient (Wildman–Crippen LogP) is 2.06. The van der Waals surface area contributed by atoms with E-state index < -0.39 is 9.84 Å². The molecule has 0 spiro atoms. The standard InChI is InChI=1S/C11H24ClNO2S/c1-4-16(14,15)9-8-13-10-11(2,3)6-5-7-12/h13H,4-10H2,1-3H3. The maximum absolute atomic E-state index is 11.2. The lowest BCUT2D eigenvalue weighted by Gasteiger charge is -2.24. The minimum absolute atomic E-state index is 0.185. The summed E-state index contributed by atoms with van der Waals surface area (Å²) in [6, 6.07) is 0. The molecule has 16 heavy (non-hydrogen) atoms. The van der Waals surface area contributed by atoms with E-state index in [1.54, 1.807) is 6.92 Å². The molecule has 0 atom stereocenters. The highest BCUT2D eigenvalue weighted by Gasteiger charge is 2.16. The van der Waals surface area contributed by atoms with Crippen LogP contribution in [-0.2, 0) is 9.84 Å². The Morgan fingerprint density at radius 3 is 2.44 bits per heavy atom. The van der Waals surface area contributed by atoms with Crippen LogP contribution in [0, 0.1) is 5.41 Å². The molecule has 3 nitrogen and oxygen atoms in total. The summed E-state index contributed by atoms with van der Waals surface area (Å²) < 4.78 is 22.5. The molecule has 0 aromatic heterocycles. The zero-order valence-corrected chi connectivity index (χ0v) is 12.1. The molecule has 0 fully saturated rings. The highest BCUT2D eigenvalue weighted by Crippen LogP contribution is 2.21. The molecule has 0 aliphatic carbocycles. The quantitative estimate of drug-likeness (QED) is 0.515. The fourth-order valence-corrected chi connectivity index (χ4v) is 2.31. The van der Waals surface area contributed by atoms with Crippen LogP contribution in [0.2, 0.25) is 0 Å². The van der Waals surface area contributed by atoms with E-state index >= 15 is 0 Å². The molecule has 0 bridgehead atoms. The SMILES string of the molecule is CCS(=O)(=O)CCNCC(C)(C)CCCCl. The van der Waals surface area contributed by atoms with Crippen molar-refractivity contribution in [1.82, 2.24) is 5.32 Å². The summed E-state index contributed by atoms with van der Waals surface area (Å²) >= 11 is 5.65. The van der Waals surface area contributed by atoms with Gasteiger partial charge in [0, 0.05) is 24.7 Å². The maximum atomic E-state index is 11.2. The van der Waals surface area contributed by atoms with Crippen LogP contribution in [0.15, 0.2) is 0 Å². The van der Waals surface area contributed by atoms with Crippen molar-refractivity contribution in [2.24, 2.45) is 5.41 Å². The Kier molecular flexibility index (Phi) is 7.61. The second kappa shape index (κ2) is 7.51. The van der Waals surface area contributed by atoms with Crippen LogP contribution in [0.1, 0.15) is 33.6 Å². The van der Waals surface area contributed by atoms with Crippen LogP contribution in [-0.4, -0.2) is 38.9 Å². The van der Waals surface area contributed by atoms with Crippen molar-refractivity contribution < 1.29 is 8.42 Å². The van der Waals surface area contributed by atoms with Crippen molar-refractivity contribution in [1.29, 1.82) is 0 Å². The van der Waals surface area contributed by atoms with Gasteiger partial charge in [-0.25, -0.2) is 8.42 Å². The fraction of sp³-hybridized carbons (Fsp3) is 1.00. The van der Waals surface area contributed by atoms with Crippen LogP contribution in [0.3, 0.4) is 0 Å². The molecule has 0 radical (unpaired) electrons. The molecule has 0 aromatic carbocycles. The van der Waals surface area contributed by atoms with Gasteiger partial charge in [-0.2, -0.15) is 0 Å². The third kappa shape index (κ3) is 8.36. The number of sulfone groups is 1. The summed E-state index contributed by atoms with van der Waals surface area (Å²) in [5.74, 6) is 1.15. The Morgan fingerprint density at radius 2 is 1.94 bits per heavy atom. The number of halogens is 1. The number of rotatable bonds is 9. The first-order chi connectivity index (χ1) is 7.33. The van der Waals surface area contributed by atoms with Crippen LogP contribution in [0.5, 0.6) is 0 Å². The van der Waals surface area contributed by atoms with E-state index in [1.807, 2.05) is 0 Å². The number of alkyl halides is 1. The largest absolute Gasteiger partial charge is 0.315 e. The molecular formula is C11H24ClNO2S. The summed E-state index contributed by atoms with van der Waals surface area (Å²) in [6.07, 6.45) is 2.06. The molecule has 98 valence electrons. The molecule has 0 unspecified atom stereocenters. The van der Waals surface area contributed by atoms with Gasteiger partial charge in [0.2, 0.25) is 0 Å². The van der Waals surface area contributed by atoms with Crippen LogP contribution in [0.25, 0.3) is 0 Å². The topological polar surface area (TPSA) is 46.2 Å². The monoisotopic (exact) mass is 269 g/mol. The highest BCUT2D eigenvalue weighted by atomic mass is 35.5. The van der Waals surface area contributed by atoms with Crippen molar-refractivity contribution >= 4 is 21.4 Å². The molecule has 1 N–H and O–H groups in total. The molecule has 0 aliphatic rings. The van der Waals surface area contributed by atoms with Gasteiger partial charge < -0.3 is 5.32 Å². The van der Waals surface area contributed by atoms with Gasteiger partial charge in [0.05, 0.1) is 5.75 Å². The highest BCUT2D eigenvalue weighted by molar-refractivity contribution is 7.91. The van der Waals surface area contributed by atoms with Gasteiger partial charge in [-0.3, -0.25) is 0 Å². The summed E-state index contributed by atoms with van der Waals surface area (Å²) in [4.78, 5) is 0. The minimum Gasteiger partial charge on any atom is -0.315 e. The normalized spacial score (nSPS) is 13.0. The van der Waals surface area contributed by atoms with Gasteiger partial charge in [0.15, 0.2) is 9.84 Å². The lowest BCUT2D eigenvalue weighted by Crippen LogP contribution is -2.33. The molecular weight excluding hydrogens is 246 g/mol. The Balaban J connectivity index is 3.73. The summed E-state index contributed by atoms with van der Waals surface area (Å²) in [7, 11) is -2.84. The Hall–Kier alpha value is 0.200. The van der Waals surface area contributed by atoms with Gasteiger partial charge in [-0.15, -0.1) is 11.6 Å². The van der Waals surface area contributed by atoms with E-state index in [9.17, 15) is 8.42 Å². The zero-order valence-electron chi connectivity index (χ0n) is 10.6. The van der Waals surface area contributed by atoms with Gasteiger partial charge >= 0.3 is 0 Å². The molecule has 0 heterocycles. The minimum atomic E-state index is -2.84.